The highest BCUT2D eigenvalue weighted by Crippen LogP contribution is 2.11. The van der Waals surface area contributed by atoms with E-state index in [0.717, 1.165) is 13.0 Å². The first-order chi connectivity index (χ1) is 10.5. The van der Waals surface area contributed by atoms with E-state index in [1.165, 1.54) is 18.2 Å². The molecule has 22 heavy (non-hydrogen) atoms. The second-order valence-corrected chi connectivity index (χ2v) is 5.38. The van der Waals surface area contributed by atoms with Gasteiger partial charge in [0.2, 0.25) is 0 Å². The Morgan fingerprint density at radius 2 is 2.05 bits per heavy atom. The minimum Gasteiger partial charge on any atom is -0.369 e. The van der Waals surface area contributed by atoms with Gasteiger partial charge in [-0.25, -0.2) is 4.39 Å². The number of amides is 1. The monoisotopic (exact) mass is 302 g/mol. The van der Waals surface area contributed by atoms with E-state index in [2.05, 4.69) is 34.7 Å². The third-order valence-electron chi connectivity index (χ3n) is 3.01. The van der Waals surface area contributed by atoms with Gasteiger partial charge < -0.3 is 10.6 Å². The fourth-order valence-electron chi connectivity index (χ4n) is 1.80. The SMILES string of the molecule is CC(C)CCNc1ccc(C(=O)Nc2cccc(F)c2)nn1. The van der Waals surface area contributed by atoms with Crippen LogP contribution in [-0.4, -0.2) is 22.6 Å². The first kappa shape index (κ1) is 15.9. The number of hydrogen-bond acceptors (Lipinski definition) is 4. The molecule has 6 heteroatoms. The number of nitrogens with one attached hydrogen (secondary N) is 2. The normalized spacial score (nSPS) is 10.5. The van der Waals surface area contributed by atoms with Gasteiger partial charge in [0.25, 0.3) is 5.91 Å². The molecule has 0 saturated heterocycles. The number of rotatable bonds is 6. The van der Waals surface area contributed by atoms with Gasteiger partial charge in [0.15, 0.2) is 5.69 Å². The number of halogens is 1. The summed E-state index contributed by atoms with van der Waals surface area (Å²) in [5.41, 5.74) is 0.560. The van der Waals surface area contributed by atoms with Crippen molar-refractivity contribution in [1.82, 2.24) is 10.2 Å². The zero-order valence-corrected chi connectivity index (χ0v) is 12.6. The van der Waals surface area contributed by atoms with Crippen molar-refractivity contribution in [3.05, 3.63) is 47.9 Å². The van der Waals surface area contributed by atoms with Crippen LogP contribution in [0, 0.1) is 11.7 Å². The molecule has 0 aliphatic heterocycles. The summed E-state index contributed by atoms with van der Waals surface area (Å²) in [4.78, 5) is 12.0. The summed E-state index contributed by atoms with van der Waals surface area (Å²) in [6, 6.07) is 8.97. The Morgan fingerprint density at radius 1 is 1.23 bits per heavy atom. The molecular weight excluding hydrogens is 283 g/mol. The summed E-state index contributed by atoms with van der Waals surface area (Å²) in [6.07, 6.45) is 1.03. The number of anilines is 2. The van der Waals surface area contributed by atoms with Gasteiger partial charge in [0.1, 0.15) is 11.6 Å². The zero-order valence-electron chi connectivity index (χ0n) is 12.6. The van der Waals surface area contributed by atoms with Crippen molar-refractivity contribution in [2.45, 2.75) is 20.3 Å². The molecule has 2 N–H and O–H groups in total. The molecule has 1 heterocycles. The maximum absolute atomic E-state index is 13.1. The summed E-state index contributed by atoms with van der Waals surface area (Å²) < 4.78 is 13.1. The first-order valence-corrected chi connectivity index (χ1v) is 7.19. The molecule has 2 rings (SSSR count). The Hall–Kier alpha value is -2.50. The van der Waals surface area contributed by atoms with Gasteiger partial charge in [0, 0.05) is 12.2 Å². The summed E-state index contributed by atoms with van der Waals surface area (Å²) in [6.45, 7) is 5.10. The molecule has 1 aromatic carbocycles. The highest BCUT2D eigenvalue weighted by molar-refractivity contribution is 6.02. The molecule has 0 unspecified atom stereocenters. The third kappa shape index (κ3) is 4.80. The minimum atomic E-state index is -0.424. The number of benzene rings is 1. The molecule has 1 aromatic heterocycles. The summed E-state index contributed by atoms with van der Waals surface area (Å²) >= 11 is 0. The number of carbonyl (C=O) groups is 1. The van der Waals surface area contributed by atoms with E-state index in [9.17, 15) is 9.18 Å². The Kier molecular flexibility index (Phi) is 5.41. The fourth-order valence-corrected chi connectivity index (χ4v) is 1.80. The molecular formula is C16H19FN4O. The standard InChI is InChI=1S/C16H19FN4O/c1-11(2)8-9-18-15-7-6-14(20-21-15)16(22)19-13-5-3-4-12(17)10-13/h3-7,10-11H,8-9H2,1-2H3,(H,18,21)(H,19,22). The first-order valence-electron chi connectivity index (χ1n) is 7.19. The van der Waals surface area contributed by atoms with Gasteiger partial charge in [-0.3, -0.25) is 4.79 Å². The topological polar surface area (TPSA) is 66.9 Å². The lowest BCUT2D eigenvalue weighted by Gasteiger charge is -2.08. The van der Waals surface area contributed by atoms with E-state index in [0.29, 0.717) is 17.4 Å². The number of carbonyl (C=O) groups excluding carboxylic acids is 1. The molecule has 0 fully saturated rings. The van der Waals surface area contributed by atoms with Crippen molar-refractivity contribution >= 4 is 17.4 Å². The lowest BCUT2D eigenvalue weighted by Crippen LogP contribution is -2.15. The molecule has 5 nitrogen and oxygen atoms in total. The fraction of sp³-hybridized carbons (Fsp3) is 0.312. The van der Waals surface area contributed by atoms with Gasteiger partial charge in [-0.15, -0.1) is 10.2 Å². The van der Waals surface area contributed by atoms with Crippen molar-refractivity contribution in [3.63, 3.8) is 0 Å². The van der Waals surface area contributed by atoms with Gasteiger partial charge in [0.05, 0.1) is 0 Å². The Morgan fingerprint density at radius 3 is 2.68 bits per heavy atom. The van der Waals surface area contributed by atoms with E-state index >= 15 is 0 Å². The second kappa shape index (κ2) is 7.49. The lowest BCUT2D eigenvalue weighted by molar-refractivity contribution is 0.102. The summed E-state index contributed by atoms with van der Waals surface area (Å²) in [5, 5.41) is 13.6. The Balaban J connectivity index is 1.93. The molecule has 0 atom stereocenters. The van der Waals surface area contributed by atoms with Gasteiger partial charge >= 0.3 is 0 Å². The average molecular weight is 302 g/mol. The minimum absolute atomic E-state index is 0.179. The van der Waals surface area contributed by atoms with Crippen molar-refractivity contribution in [2.75, 3.05) is 17.2 Å². The predicted molar refractivity (Wildman–Crippen MR) is 84.3 cm³/mol. The molecule has 1 amide bonds. The molecule has 2 aromatic rings. The largest absolute Gasteiger partial charge is 0.369 e. The molecule has 0 aliphatic rings. The quantitative estimate of drug-likeness (QED) is 0.859. The lowest BCUT2D eigenvalue weighted by atomic mass is 10.1. The maximum atomic E-state index is 13.1. The van der Waals surface area contributed by atoms with E-state index in [1.54, 1.807) is 18.2 Å². The van der Waals surface area contributed by atoms with Crippen LogP contribution in [0.2, 0.25) is 0 Å². The van der Waals surface area contributed by atoms with Crippen molar-refractivity contribution in [1.29, 1.82) is 0 Å². The molecule has 0 spiro atoms. The van der Waals surface area contributed by atoms with Gasteiger partial charge in [-0.2, -0.15) is 0 Å². The van der Waals surface area contributed by atoms with Crippen LogP contribution in [0.4, 0.5) is 15.9 Å². The Labute approximate surface area is 129 Å². The van der Waals surface area contributed by atoms with Crippen LogP contribution >= 0.6 is 0 Å². The zero-order chi connectivity index (χ0) is 15.9. The summed E-state index contributed by atoms with van der Waals surface area (Å²) in [7, 11) is 0. The second-order valence-electron chi connectivity index (χ2n) is 5.38. The van der Waals surface area contributed by atoms with Crippen LogP contribution in [0.3, 0.4) is 0 Å². The molecule has 0 saturated carbocycles. The maximum Gasteiger partial charge on any atom is 0.276 e. The number of aromatic nitrogens is 2. The van der Waals surface area contributed by atoms with Crippen LogP contribution in [-0.2, 0) is 0 Å². The van der Waals surface area contributed by atoms with Crippen LogP contribution in [0.1, 0.15) is 30.8 Å². The Bertz CT molecular complexity index is 628. The van der Waals surface area contributed by atoms with E-state index in [-0.39, 0.29) is 5.69 Å². The smallest absolute Gasteiger partial charge is 0.276 e. The van der Waals surface area contributed by atoms with E-state index < -0.39 is 11.7 Å². The van der Waals surface area contributed by atoms with E-state index in [1.807, 2.05) is 0 Å². The van der Waals surface area contributed by atoms with Crippen molar-refractivity contribution in [2.24, 2.45) is 5.92 Å². The highest BCUT2D eigenvalue weighted by atomic mass is 19.1. The van der Waals surface area contributed by atoms with Crippen LogP contribution in [0.15, 0.2) is 36.4 Å². The van der Waals surface area contributed by atoms with E-state index in [4.69, 9.17) is 0 Å². The number of nitrogens with zero attached hydrogens (tertiary/aromatic N) is 2. The van der Waals surface area contributed by atoms with Crippen molar-refractivity contribution in [3.8, 4) is 0 Å². The van der Waals surface area contributed by atoms with Crippen LogP contribution < -0.4 is 10.6 Å². The van der Waals surface area contributed by atoms with Crippen LogP contribution in [0.25, 0.3) is 0 Å². The van der Waals surface area contributed by atoms with Gasteiger partial charge in [-0.1, -0.05) is 19.9 Å². The third-order valence-corrected chi connectivity index (χ3v) is 3.01. The van der Waals surface area contributed by atoms with Crippen molar-refractivity contribution < 1.29 is 9.18 Å². The molecule has 0 radical (unpaired) electrons. The molecule has 0 aliphatic carbocycles. The molecule has 116 valence electrons. The van der Waals surface area contributed by atoms with Crippen LogP contribution in [0.5, 0.6) is 0 Å². The highest BCUT2D eigenvalue weighted by Gasteiger charge is 2.09. The summed E-state index contributed by atoms with van der Waals surface area (Å²) in [5.74, 6) is 0.403. The predicted octanol–water partition coefficient (Wildman–Crippen LogP) is 3.33. The number of hydrogen-bond donors (Lipinski definition) is 2. The van der Waals surface area contributed by atoms with Gasteiger partial charge in [-0.05, 0) is 42.7 Å². The molecule has 0 bridgehead atoms. The average Bonchev–Trinajstić information content (AvgIpc) is 2.47.